The Balaban J connectivity index is 1.54. The van der Waals surface area contributed by atoms with Gasteiger partial charge < -0.3 is 41.9 Å². The molecule has 9 N–H and O–H groups in total. The molecule has 0 spiro atoms. The molecular formula is C33H40N6O7. The van der Waals surface area contributed by atoms with Crippen LogP contribution >= 0.6 is 0 Å². The van der Waals surface area contributed by atoms with Crippen LogP contribution in [0.25, 0.3) is 21.8 Å². The molecule has 4 rings (SSSR count). The van der Waals surface area contributed by atoms with E-state index in [1.807, 2.05) is 55.5 Å². The number of hydrogen-bond acceptors (Lipinski definition) is 6. The number of hydrogen-bond donors (Lipinski definition) is 8. The zero-order chi connectivity index (χ0) is 33.4. The van der Waals surface area contributed by atoms with Crippen LogP contribution in [0.3, 0.4) is 0 Å². The number of amides is 3. The smallest absolute Gasteiger partial charge is 0.326 e. The number of carboxylic acids is 2. The second-order valence-corrected chi connectivity index (χ2v) is 11.5. The molecule has 2 aromatic heterocycles. The van der Waals surface area contributed by atoms with E-state index < -0.39 is 59.7 Å². The van der Waals surface area contributed by atoms with E-state index in [0.29, 0.717) is 12.0 Å². The van der Waals surface area contributed by atoms with Gasteiger partial charge in [-0.3, -0.25) is 19.2 Å². The molecule has 46 heavy (non-hydrogen) atoms. The fourth-order valence-electron chi connectivity index (χ4n) is 5.36. The quantitative estimate of drug-likeness (QED) is 0.0913. The summed E-state index contributed by atoms with van der Waals surface area (Å²) in [5.41, 5.74) is 9.04. The minimum absolute atomic E-state index is 0.0136. The first kappa shape index (κ1) is 33.7. The highest BCUT2D eigenvalue weighted by atomic mass is 16.4. The first-order valence-corrected chi connectivity index (χ1v) is 15.2. The molecular weight excluding hydrogens is 592 g/mol. The molecule has 2 aromatic carbocycles. The number of aliphatic carboxylic acids is 2. The molecule has 13 heteroatoms. The topological polar surface area (TPSA) is 219 Å². The Hall–Kier alpha value is -5.17. The van der Waals surface area contributed by atoms with E-state index >= 15 is 0 Å². The molecule has 13 nitrogen and oxygen atoms in total. The average molecular weight is 633 g/mol. The molecule has 0 fully saturated rings. The molecule has 0 bridgehead atoms. The number of carboxylic acid groups (broad SMARTS) is 2. The lowest BCUT2D eigenvalue weighted by Crippen LogP contribution is -2.59. The Bertz CT molecular complexity index is 1710. The molecule has 2 heterocycles. The molecule has 0 saturated carbocycles. The highest BCUT2D eigenvalue weighted by molar-refractivity contribution is 5.95. The highest BCUT2D eigenvalue weighted by Crippen LogP contribution is 2.21. The number of aromatic amines is 2. The van der Waals surface area contributed by atoms with Crippen molar-refractivity contribution in [3.63, 3.8) is 0 Å². The lowest BCUT2D eigenvalue weighted by atomic mass is 9.96. The fourth-order valence-corrected chi connectivity index (χ4v) is 5.36. The first-order chi connectivity index (χ1) is 22.0. The maximum absolute atomic E-state index is 13.8. The molecule has 0 radical (unpaired) electrons. The van der Waals surface area contributed by atoms with Gasteiger partial charge >= 0.3 is 11.9 Å². The molecule has 4 aromatic rings. The van der Waals surface area contributed by atoms with Crippen LogP contribution in [0.5, 0.6) is 0 Å². The zero-order valence-corrected chi connectivity index (χ0v) is 25.7. The minimum atomic E-state index is -1.27. The average Bonchev–Trinajstić information content (AvgIpc) is 3.65. The van der Waals surface area contributed by atoms with Gasteiger partial charge in [0.25, 0.3) is 0 Å². The Morgan fingerprint density at radius 1 is 0.761 bits per heavy atom. The Kier molecular flexibility index (Phi) is 11.2. The summed E-state index contributed by atoms with van der Waals surface area (Å²) in [7, 11) is 0. The summed E-state index contributed by atoms with van der Waals surface area (Å²) in [6, 6.07) is 10.1. The van der Waals surface area contributed by atoms with Crippen molar-refractivity contribution in [2.75, 3.05) is 0 Å². The van der Waals surface area contributed by atoms with Crippen molar-refractivity contribution in [3.05, 3.63) is 72.1 Å². The van der Waals surface area contributed by atoms with Crippen LogP contribution in [-0.2, 0) is 36.8 Å². The van der Waals surface area contributed by atoms with Crippen LogP contribution in [0.15, 0.2) is 60.9 Å². The van der Waals surface area contributed by atoms with Gasteiger partial charge in [-0.05, 0) is 35.6 Å². The highest BCUT2D eigenvalue weighted by Gasteiger charge is 2.33. The summed E-state index contributed by atoms with van der Waals surface area (Å²) >= 11 is 0. The second kappa shape index (κ2) is 15.2. The van der Waals surface area contributed by atoms with Crippen molar-refractivity contribution in [3.8, 4) is 0 Å². The lowest BCUT2D eigenvalue weighted by Gasteiger charge is -2.28. The van der Waals surface area contributed by atoms with E-state index in [-0.39, 0.29) is 25.7 Å². The van der Waals surface area contributed by atoms with Crippen molar-refractivity contribution < 1.29 is 34.2 Å². The van der Waals surface area contributed by atoms with Gasteiger partial charge in [0.1, 0.15) is 18.1 Å². The number of benzene rings is 2. The van der Waals surface area contributed by atoms with Gasteiger partial charge in [0, 0.05) is 53.5 Å². The SMILES string of the molecule is CCC(C)C(NC(=O)C(Cc1c[nH]c2ccccc12)NC(=O)C(N)CCC(=O)O)C(=O)NC(Cc1c[nH]c2ccccc12)C(=O)O. The number of aromatic nitrogens is 2. The van der Waals surface area contributed by atoms with Gasteiger partial charge in [0.05, 0.1) is 6.04 Å². The molecule has 0 aliphatic heterocycles. The number of carbonyl (C=O) groups is 5. The number of nitrogens with two attached hydrogens (primary N) is 1. The Labute approximate surface area is 265 Å². The standard InChI is InChI=1S/C33H40N6O7/c1-3-18(2)29(32(44)38-27(33(45)46)15-20-17-36-25-11-7-5-9-22(20)25)39-31(43)26(37-30(42)23(34)12-13-28(40)41)14-19-16-35-24-10-6-4-8-21(19)24/h4-11,16-18,23,26-27,29,35-36H,3,12-15,34H2,1-2H3,(H,37,42)(H,38,44)(H,39,43)(H,40,41)(H,45,46). The van der Waals surface area contributed by atoms with E-state index in [1.165, 1.54) is 0 Å². The summed E-state index contributed by atoms with van der Waals surface area (Å²) in [4.78, 5) is 69.9. The minimum Gasteiger partial charge on any atom is -0.481 e. The van der Waals surface area contributed by atoms with E-state index in [9.17, 15) is 29.1 Å². The largest absolute Gasteiger partial charge is 0.481 e. The molecule has 0 aliphatic carbocycles. The van der Waals surface area contributed by atoms with Crippen molar-refractivity contribution in [1.82, 2.24) is 25.9 Å². The third-order valence-electron chi connectivity index (χ3n) is 8.24. The Morgan fingerprint density at radius 2 is 1.28 bits per heavy atom. The van der Waals surface area contributed by atoms with Gasteiger partial charge in [-0.15, -0.1) is 0 Å². The predicted molar refractivity (Wildman–Crippen MR) is 172 cm³/mol. The summed E-state index contributed by atoms with van der Waals surface area (Å²) in [5, 5.41) is 28.6. The maximum atomic E-state index is 13.8. The van der Waals surface area contributed by atoms with Crippen LogP contribution < -0.4 is 21.7 Å². The molecule has 5 unspecified atom stereocenters. The monoisotopic (exact) mass is 632 g/mol. The molecule has 0 aliphatic rings. The van der Waals surface area contributed by atoms with Crippen LogP contribution in [0.4, 0.5) is 0 Å². The van der Waals surface area contributed by atoms with Crippen molar-refractivity contribution >= 4 is 51.5 Å². The van der Waals surface area contributed by atoms with Gasteiger partial charge in [-0.1, -0.05) is 56.7 Å². The molecule has 244 valence electrons. The second-order valence-electron chi connectivity index (χ2n) is 11.5. The van der Waals surface area contributed by atoms with Gasteiger partial charge in [-0.25, -0.2) is 4.79 Å². The predicted octanol–water partition coefficient (Wildman–Crippen LogP) is 2.21. The summed E-state index contributed by atoms with van der Waals surface area (Å²) in [5.74, 6) is -4.79. The van der Waals surface area contributed by atoms with Crippen LogP contribution in [0.2, 0.25) is 0 Å². The summed E-state index contributed by atoms with van der Waals surface area (Å²) in [6.07, 6.45) is 3.52. The normalized spacial score (nSPS) is 14.6. The first-order valence-electron chi connectivity index (χ1n) is 15.2. The number of nitrogens with one attached hydrogen (secondary N) is 5. The third-order valence-corrected chi connectivity index (χ3v) is 8.24. The number of fused-ring (bicyclic) bond motifs is 2. The van der Waals surface area contributed by atoms with Crippen LogP contribution in [0, 0.1) is 5.92 Å². The van der Waals surface area contributed by atoms with Crippen LogP contribution in [0.1, 0.15) is 44.2 Å². The zero-order valence-electron chi connectivity index (χ0n) is 25.7. The number of rotatable bonds is 16. The van der Waals surface area contributed by atoms with Gasteiger partial charge in [0.2, 0.25) is 17.7 Å². The van der Waals surface area contributed by atoms with Crippen molar-refractivity contribution in [2.45, 2.75) is 70.1 Å². The van der Waals surface area contributed by atoms with E-state index in [0.717, 1.165) is 27.4 Å². The van der Waals surface area contributed by atoms with Crippen molar-refractivity contribution in [2.24, 2.45) is 11.7 Å². The van der Waals surface area contributed by atoms with E-state index in [1.54, 1.807) is 19.3 Å². The summed E-state index contributed by atoms with van der Waals surface area (Å²) in [6.45, 7) is 3.60. The van der Waals surface area contributed by atoms with E-state index in [2.05, 4.69) is 25.9 Å². The number of para-hydroxylation sites is 2. The number of H-pyrrole nitrogens is 2. The molecule has 3 amide bonds. The lowest BCUT2D eigenvalue weighted by molar-refractivity contribution is -0.142. The van der Waals surface area contributed by atoms with Crippen molar-refractivity contribution in [1.29, 1.82) is 0 Å². The third kappa shape index (κ3) is 8.30. The molecule has 0 saturated heterocycles. The fraction of sp³-hybridized carbons (Fsp3) is 0.364. The summed E-state index contributed by atoms with van der Waals surface area (Å²) < 4.78 is 0. The van der Waals surface area contributed by atoms with Crippen LogP contribution in [-0.4, -0.2) is 74.0 Å². The van der Waals surface area contributed by atoms with Gasteiger partial charge in [0.15, 0.2) is 0 Å². The maximum Gasteiger partial charge on any atom is 0.326 e. The number of carbonyl (C=O) groups excluding carboxylic acids is 3. The molecule has 5 atom stereocenters. The Morgan fingerprint density at radius 3 is 1.80 bits per heavy atom. The van der Waals surface area contributed by atoms with Gasteiger partial charge in [-0.2, -0.15) is 0 Å². The van der Waals surface area contributed by atoms with E-state index in [4.69, 9.17) is 10.8 Å².